The summed E-state index contributed by atoms with van der Waals surface area (Å²) >= 11 is 7.53. The van der Waals surface area contributed by atoms with E-state index in [2.05, 4.69) is 10.6 Å². The van der Waals surface area contributed by atoms with E-state index in [1.54, 1.807) is 36.0 Å². The summed E-state index contributed by atoms with van der Waals surface area (Å²) in [5.41, 5.74) is 1.63. The topological polar surface area (TPSA) is 41.1 Å². The van der Waals surface area contributed by atoms with Crippen molar-refractivity contribution in [3.05, 3.63) is 53.6 Å². The summed E-state index contributed by atoms with van der Waals surface area (Å²) in [7, 11) is 0. The highest BCUT2D eigenvalue weighted by molar-refractivity contribution is 7.98. The van der Waals surface area contributed by atoms with Crippen LogP contribution in [0.25, 0.3) is 0 Å². The minimum atomic E-state index is -0.109. The van der Waals surface area contributed by atoms with Crippen LogP contribution in [0.5, 0.6) is 0 Å². The molecule has 2 N–H and O–H groups in total. The van der Waals surface area contributed by atoms with Crippen LogP contribution in [0.3, 0.4) is 0 Å². The first-order chi connectivity index (χ1) is 9.67. The summed E-state index contributed by atoms with van der Waals surface area (Å²) < 4.78 is 0. The first-order valence-corrected chi connectivity index (χ1v) is 7.71. The van der Waals surface area contributed by atoms with Gasteiger partial charge in [-0.15, -0.1) is 11.8 Å². The third-order valence-electron chi connectivity index (χ3n) is 2.63. The normalized spacial score (nSPS) is 10.1. The van der Waals surface area contributed by atoms with Gasteiger partial charge in [0.1, 0.15) is 0 Å². The van der Waals surface area contributed by atoms with Gasteiger partial charge >= 0.3 is 0 Å². The highest BCUT2D eigenvalue weighted by Crippen LogP contribution is 2.19. The smallest absolute Gasteiger partial charge is 0.243 e. The lowest BCUT2D eigenvalue weighted by molar-refractivity contribution is -0.114. The Bertz CT molecular complexity index is 604. The number of carbonyl (C=O) groups is 1. The quantitative estimate of drug-likeness (QED) is 0.817. The maximum atomic E-state index is 11.8. The molecule has 2 aromatic carbocycles. The standard InChI is InChI=1S/C15H15ClN2OS/c1-20-14-7-3-5-12(9-14)17-10-15(19)18-13-6-2-4-11(16)8-13/h2-9,17H,10H2,1H3,(H,18,19). The molecule has 0 fully saturated rings. The fourth-order valence-corrected chi connectivity index (χ4v) is 2.34. The van der Waals surface area contributed by atoms with Crippen LogP contribution in [0, 0.1) is 0 Å². The van der Waals surface area contributed by atoms with Gasteiger partial charge < -0.3 is 10.6 Å². The molecule has 104 valence electrons. The number of thioether (sulfide) groups is 1. The van der Waals surface area contributed by atoms with E-state index in [1.165, 1.54) is 0 Å². The number of halogens is 1. The Morgan fingerprint density at radius 1 is 1.15 bits per heavy atom. The lowest BCUT2D eigenvalue weighted by Gasteiger charge is -2.08. The van der Waals surface area contributed by atoms with Gasteiger partial charge in [-0.25, -0.2) is 0 Å². The van der Waals surface area contributed by atoms with E-state index in [4.69, 9.17) is 11.6 Å². The molecule has 0 saturated heterocycles. The van der Waals surface area contributed by atoms with E-state index in [0.717, 1.165) is 10.6 Å². The van der Waals surface area contributed by atoms with Crippen LogP contribution in [0.2, 0.25) is 5.02 Å². The minimum Gasteiger partial charge on any atom is -0.376 e. The van der Waals surface area contributed by atoms with E-state index in [-0.39, 0.29) is 12.5 Å². The van der Waals surface area contributed by atoms with Crippen molar-refractivity contribution in [3.8, 4) is 0 Å². The molecule has 3 nitrogen and oxygen atoms in total. The Balaban J connectivity index is 1.88. The third-order valence-corrected chi connectivity index (χ3v) is 3.59. The SMILES string of the molecule is CSc1cccc(NCC(=O)Nc2cccc(Cl)c2)c1. The first kappa shape index (κ1) is 14.8. The Kier molecular flexibility index (Phi) is 5.32. The molecular formula is C15H15ClN2OS. The predicted molar refractivity (Wildman–Crippen MR) is 86.8 cm³/mol. The summed E-state index contributed by atoms with van der Waals surface area (Å²) in [6.45, 7) is 0.213. The molecule has 0 heterocycles. The monoisotopic (exact) mass is 306 g/mol. The van der Waals surface area contributed by atoms with Crippen molar-refractivity contribution < 1.29 is 4.79 Å². The summed E-state index contributed by atoms with van der Waals surface area (Å²) in [6.07, 6.45) is 2.02. The molecule has 0 unspecified atom stereocenters. The molecule has 0 aromatic heterocycles. The van der Waals surface area contributed by atoms with Gasteiger partial charge in [-0.1, -0.05) is 23.7 Å². The zero-order valence-corrected chi connectivity index (χ0v) is 12.6. The van der Waals surface area contributed by atoms with Gasteiger partial charge in [0.05, 0.1) is 6.54 Å². The number of carbonyl (C=O) groups excluding carboxylic acids is 1. The molecular weight excluding hydrogens is 292 g/mol. The minimum absolute atomic E-state index is 0.109. The number of rotatable bonds is 5. The van der Waals surface area contributed by atoms with E-state index >= 15 is 0 Å². The van der Waals surface area contributed by atoms with Crippen LogP contribution in [0.4, 0.5) is 11.4 Å². The van der Waals surface area contributed by atoms with Crippen molar-refractivity contribution in [1.29, 1.82) is 0 Å². The van der Waals surface area contributed by atoms with Gasteiger partial charge in [-0.2, -0.15) is 0 Å². The number of benzene rings is 2. The van der Waals surface area contributed by atoms with Gasteiger partial charge in [-0.05, 0) is 42.7 Å². The first-order valence-electron chi connectivity index (χ1n) is 6.11. The van der Waals surface area contributed by atoms with Crippen molar-refractivity contribution in [1.82, 2.24) is 0 Å². The molecule has 2 rings (SSSR count). The van der Waals surface area contributed by atoms with E-state index < -0.39 is 0 Å². The van der Waals surface area contributed by atoms with Crippen molar-refractivity contribution >= 4 is 40.6 Å². The lowest BCUT2D eigenvalue weighted by Crippen LogP contribution is -2.21. The fraction of sp³-hybridized carbons (Fsp3) is 0.133. The third kappa shape index (κ3) is 4.47. The highest BCUT2D eigenvalue weighted by atomic mass is 35.5. The molecule has 0 atom stereocenters. The predicted octanol–water partition coefficient (Wildman–Crippen LogP) is 4.11. The number of hydrogen-bond donors (Lipinski definition) is 2. The average Bonchev–Trinajstić information content (AvgIpc) is 2.45. The van der Waals surface area contributed by atoms with Crippen molar-refractivity contribution in [2.75, 3.05) is 23.4 Å². The Labute approximate surface area is 127 Å². The maximum absolute atomic E-state index is 11.8. The number of nitrogens with one attached hydrogen (secondary N) is 2. The molecule has 0 aliphatic carbocycles. The van der Waals surface area contributed by atoms with Crippen LogP contribution in [-0.2, 0) is 4.79 Å². The summed E-state index contributed by atoms with van der Waals surface area (Å²) in [5.74, 6) is -0.109. The van der Waals surface area contributed by atoms with Crippen LogP contribution in [-0.4, -0.2) is 18.7 Å². The van der Waals surface area contributed by atoms with Crippen LogP contribution in [0.1, 0.15) is 0 Å². The van der Waals surface area contributed by atoms with Crippen LogP contribution >= 0.6 is 23.4 Å². The zero-order valence-electron chi connectivity index (χ0n) is 11.0. The second kappa shape index (κ2) is 7.22. The summed E-state index contributed by atoms with van der Waals surface area (Å²) in [5, 5.41) is 6.49. The Hall–Kier alpha value is -1.65. The van der Waals surface area contributed by atoms with Crippen LogP contribution in [0.15, 0.2) is 53.4 Å². The molecule has 1 amide bonds. The maximum Gasteiger partial charge on any atom is 0.243 e. The van der Waals surface area contributed by atoms with Gasteiger partial charge in [-0.3, -0.25) is 4.79 Å². The Morgan fingerprint density at radius 2 is 1.90 bits per heavy atom. The van der Waals surface area contributed by atoms with Gasteiger partial charge in [0.15, 0.2) is 0 Å². The largest absolute Gasteiger partial charge is 0.376 e. The van der Waals surface area contributed by atoms with E-state index in [9.17, 15) is 4.79 Å². The number of hydrogen-bond acceptors (Lipinski definition) is 3. The fourth-order valence-electron chi connectivity index (χ4n) is 1.69. The Morgan fingerprint density at radius 3 is 2.65 bits per heavy atom. The van der Waals surface area contributed by atoms with Gasteiger partial charge in [0, 0.05) is 21.3 Å². The van der Waals surface area contributed by atoms with E-state index in [1.807, 2.05) is 30.5 Å². The van der Waals surface area contributed by atoms with Crippen molar-refractivity contribution in [3.63, 3.8) is 0 Å². The number of amides is 1. The molecule has 20 heavy (non-hydrogen) atoms. The van der Waals surface area contributed by atoms with Crippen LogP contribution < -0.4 is 10.6 Å². The summed E-state index contributed by atoms with van der Waals surface area (Å²) in [4.78, 5) is 13.0. The molecule has 0 spiro atoms. The van der Waals surface area contributed by atoms with Crippen molar-refractivity contribution in [2.45, 2.75) is 4.90 Å². The van der Waals surface area contributed by atoms with Crippen molar-refractivity contribution in [2.24, 2.45) is 0 Å². The molecule has 0 radical (unpaired) electrons. The molecule has 0 bridgehead atoms. The molecule has 0 aliphatic heterocycles. The summed E-state index contributed by atoms with van der Waals surface area (Å²) in [6, 6.07) is 15.0. The molecule has 5 heteroatoms. The van der Waals surface area contributed by atoms with Gasteiger partial charge in [0.25, 0.3) is 0 Å². The second-order valence-corrected chi connectivity index (χ2v) is 5.46. The lowest BCUT2D eigenvalue weighted by atomic mass is 10.3. The van der Waals surface area contributed by atoms with E-state index in [0.29, 0.717) is 10.7 Å². The average molecular weight is 307 g/mol. The highest BCUT2D eigenvalue weighted by Gasteiger charge is 2.03. The number of anilines is 2. The molecule has 0 aliphatic rings. The zero-order chi connectivity index (χ0) is 14.4. The molecule has 2 aromatic rings. The second-order valence-electron chi connectivity index (χ2n) is 4.14. The van der Waals surface area contributed by atoms with Gasteiger partial charge in [0.2, 0.25) is 5.91 Å². The molecule has 0 saturated carbocycles.